The molecular weight excluding hydrogens is 268 g/mol. The molecule has 0 aliphatic carbocycles. The van der Waals surface area contributed by atoms with Gasteiger partial charge in [-0.3, -0.25) is 4.57 Å². The molecule has 0 aliphatic rings. The maximum absolute atomic E-state index is 11.0. The number of aromatic carboxylic acids is 1. The number of fused-ring (bicyclic) bond motifs is 2. The Hall–Kier alpha value is -3.15. The number of aromatic nitrogens is 4. The SMILES string of the molecule is O=C(O)c1cccc(-n2ccc3nc4cc[nH]c4cc32)n1. The number of nitrogens with one attached hydrogen (secondary N) is 1. The van der Waals surface area contributed by atoms with Gasteiger partial charge in [-0.15, -0.1) is 0 Å². The number of hydrogen-bond donors (Lipinski definition) is 2. The summed E-state index contributed by atoms with van der Waals surface area (Å²) in [6.07, 6.45) is 3.68. The van der Waals surface area contributed by atoms with Gasteiger partial charge in [-0.25, -0.2) is 14.8 Å². The summed E-state index contributed by atoms with van der Waals surface area (Å²) in [5, 5.41) is 9.04. The Labute approximate surface area is 118 Å². The second-order valence-corrected chi connectivity index (χ2v) is 4.68. The first-order valence-electron chi connectivity index (χ1n) is 6.38. The molecule has 4 rings (SSSR count). The molecule has 4 heterocycles. The van der Waals surface area contributed by atoms with Crippen molar-refractivity contribution in [2.24, 2.45) is 0 Å². The van der Waals surface area contributed by atoms with Crippen molar-refractivity contribution in [3.63, 3.8) is 0 Å². The maximum Gasteiger partial charge on any atom is 0.354 e. The van der Waals surface area contributed by atoms with E-state index in [0.717, 1.165) is 22.1 Å². The van der Waals surface area contributed by atoms with Gasteiger partial charge in [-0.2, -0.15) is 0 Å². The largest absolute Gasteiger partial charge is 0.477 e. The lowest BCUT2D eigenvalue weighted by atomic mass is 10.3. The van der Waals surface area contributed by atoms with Crippen molar-refractivity contribution >= 4 is 28.0 Å². The number of H-pyrrole nitrogens is 1. The van der Waals surface area contributed by atoms with E-state index in [1.165, 1.54) is 6.07 Å². The fourth-order valence-corrected chi connectivity index (χ4v) is 2.40. The molecule has 0 saturated heterocycles. The third-order valence-electron chi connectivity index (χ3n) is 3.38. The molecule has 0 saturated carbocycles. The first-order valence-corrected chi connectivity index (χ1v) is 6.38. The monoisotopic (exact) mass is 278 g/mol. The van der Waals surface area contributed by atoms with E-state index in [9.17, 15) is 4.79 Å². The molecule has 6 heteroatoms. The molecule has 0 aromatic carbocycles. The van der Waals surface area contributed by atoms with E-state index < -0.39 is 5.97 Å². The number of aromatic amines is 1. The van der Waals surface area contributed by atoms with Crippen LogP contribution < -0.4 is 0 Å². The minimum absolute atomic E-state index is 0.0169. The van der Waals surface area contributed by atoms with Crippen molar-refractivity contribution in [2.45, 2.75) is 0 Å². The fraction of sp³-hybridized carbons (Fsp3) is 0. The van der Waals surface area contributed by atoms with E-state index in [-0.39, 0.29) is 5.69 Å². The van der Waals surface area contributed by atoms with Gasteiger partial charge < -0.3 is 10.1 Å². The van der Waals surface area contributed by atoms with Crippen molar-refractivity contribution in [1.29, 1.82) is 0 Å². The molecule has 0 amide bonds. The van der Waals surface area contributed by atoms with Crippen LogP contribution in [0.25, 0.3) is 27.9 Å². The van der Waals surface area contributed by atoms with Gasteiger partial charge in [0.05, 0.1) is 22.1 Å². The summed E-state index contributed by atoms with van der Waals surface area (Å²) < 4.78 is 1.83. The number of rotatable bonds is 2. The summed E-state index contributed by atoms with van der Waals surface area (Å²) in [5.74, 6) is -0.490. The Morgan fingerprint density at radius 2 is 2.05 bits per heavy atom. The molecule has 0 fully saturated rings. The van der Waals surface area contributed by atoms with Crippen LogP contribution >= 0.6 is 0 Å². The first kappa shape index (κ1) is 11.7. The Balaban J connectivity index is 1.97. The van der Waals surface area contributed by atoms with Crippen molar-refractivity contribution in [2.75, 3.05) is 0 Å². The quantitative estimate of drug-likeness (QED) is 0.590. The van der Waals surface area contributed by atoms with E-state index >= 15 is 0 Å². The molecule has 4 aromatic heterocycles. The van der Waals surface area contributed by atoms with Crippen molar-refractivity contribution in [1.82, 2.24) is 19.5 Å². The van der Waals surface area contributed by atoms with Crippen LogP contribution in [0.1, 0.15) is 10.5 Å². The Bertz CT molecular complexity index is 984. The molecule has 4 aromatic rings. The highest BCUT2D eigenvalue weighted by molar-refractivity contribution is 5.90. The highest BCUT2D eigenvalue weighted by atomic mass is 16.4. The molecule has 0 spiro atoms. The second kappa shape index (κ2) is 4.17. The van der Waals surface area contributed by atoms with E-state index in [1.54, 1.807) is 12.1 Å². The van der Waals surface area contributed by atoms with Gasteiger partial charge in [0.2, 0.25) is 0 Å². The zero-order valence-electron chi connectivity index (χ0n) is 10.8. The lowest BCUT2D eigenvalue weighted by Crippen LogP contribution is -2.04. The molecule has 0 aliphatic heterocycles. The Morgan fingerprint density at radius 1 is 1.14 bits per heavy atom. The van der Waals surface area contributed by atoms with Gasteiger partial charge in [-0.1, -0.05) is 6.07 Å². The Morgan fingerprint density at radius 3 is 2.90 bits per heavy atom. The number of hydrogen-bond acceptors (Lipinski definition) is 3. The topological polar surface area (TPSA) is 83.8 Å². The summed E-state index contributed by atoms with van der Waals surface area (Å²) in [6.45, 7) is 0. The second-order valence-electron chi connectivity index (χ2n) is 4.68. The number of carboxylic acids is 1. The summed E-state index contributed by atoms with van der Waals surface area (Å²) in [5.41, 5.74) is 3.55. The van der Waals surface area contributed by atoms with E-state index in [4.69, 9.17) is 5.11 Å². The molecule has 0 radical (unpaired) electrons. The zero-order valence-corrected chi connectivity index (χ0v) is 10.8. The molecule has 6 nitrogen and oxygen atoms in total. The minimum atomic E-state index is -1.04. The van der Waals surface area contributed by atoms with E-state index in [1.807, 2.05) is 35.2 Å². The number of carbonyl (C=O) groups is 1. The smallest absolute Gasteiger partial charge is 0.354 e. The van der Waals surface area contributed by atoms with Gasteiger partial charge in [0.1, 0.15) is 5.82 Å². The third-order valence-corrected chi connectivity index (χ3v) is 3.38. The Kier molecular flexibility index (Phi) is 2.32. The zero-order chi connectivity index (χ0) is 14.4. The lowest BCUT2D eigenvalue weighted by molar-refractivity contribution is 0.0690. The number of pyridine rings is 2. The molecule has 102 valence electrons. The minimum Gasteiger partial charge on any atom is -0.477 e. The number of nitrogens with zero attached hydrogens (tertiary/aromatic N) is 3. The maximum atomic E-state index is 11.0. The highest BCUT2D eigenvalue weighted by Gasteiger charge is 2.10. The van der Waals surface area contributed by atoms with Crippen LogP contribution in [0.3, 0.4) is 0 Å². The molecular formula is C15H10N4O2. The average molecular weight is 278 g/mol. The first-order chi connectivity index (χ1) is 10.2. The third kappa shape index (κ3) is 1.77. The van der Waals surface area contributed by atoms with Gasteiger partial charge in [-0.05, 0) is 30.3 Å². The van der Waals surface area contributed by atoms with Gasteiger partial charge in [0.25, 0.3) is 0 Å². The standard InChI is InChI=1S/C15H10N4O2/c20-15(21)11-2-1-3-14(18-11)19-7-5-10-13(19)8-12-9(17-10)4-6-16-12/h1-8,16H,(H,20,21). The van der Waals surface area contributed by atoms with Crippen LogP contribution in [0.5, 0.6) is 0 Å². The van der Waals surface area contributed by atoms with Crippen LogP contribution in [-0.4, -0.2) is 30.6 Å². The predicted octanol–water partition coefficient (Wildman–Crippen LogP) is 2.60. The van der Waals surface area contributed by atoms with Crippen LogP contribution in [0.2, 0.25) is 0 Å². The van der Waals surface area contributed by atoms with Crippen LogP contribution in [0.4, 0.5) is 0 Å². The van der Waals surface area contributed by atoms with Crippen LogP contribution in [0, 0.1) is 0 Å². The average Bonchev–Trinajstić information content (AvgIpc) is 3.10. The van der Waals surface area contributed by atoms with E-state index in [2.05, 4.69) is 15.0 Å². The fourth-order valence-electron chi connectivity index (χ4n) is 2.40. The highest BCUT2D eigenvalue weighted by Crippen LogP contribution is 2.22. The van der Waals surface area contributed by atoms with Crippen molar-refractivity contribution in [3.8, 4) is 5.82 Å². The summed E-state index contributed by atoms with van der Waals surface area (Å²) in [4.78, 5) is 22.9. The van der Waals surface area contributed by atoms with E-state index in [0.29, 0.717) is 5.82 Å². The van der Waals surface area contributed by atoms with Gasteiger partial charge >= 0.3 is 5.97 Å². The molecule has 0 bridgehead atoms. The normalized spacial score (nSPS) is 11.2. The molecule has 0 atom stereocenters. The predicted molar refractivity (Wildman–Crippen MR) is 77.7 cm³/mol. The lowest BCUT2D eigenvalue weighted by Gasteiger charge is -2.05. The summed E-state index contributed by atoms with van der Waals surface area (Å²) in [7, 11) is 0. The van der Waals surface area contributed by atoms with Crippen LogP contribution in [0.15, 0.2) is 48.8 Å². The van der Waals surface area contributed by atoms with Crippen molar-refractivity contribution < 1.29 is 9.90 Å². The van der Waals surface area contributed by atoms with Gasteiger partial charge in [0, 0.05) is 12.4 Å². The van der Waals surface area contributed by atoms with Crippen LogP contribution in [-0.2, 0) is 0 Å². The summed E-state index contributed by atoms with van der Waals surface area (Å²) >= 11 is 0. The van der Waals surface area contributed by atoms with Crippen molar-refractivity contribution in [3.05, 3.63) is 54.5 Å². The number of carboxylic acid groups (broad SMARTS) is 1. The summed E-state index contributed by atoms with van der Waals surface area (Å²) in [6, 6.07) is 10.7. The molecule has 21 heavy (non-hydrogen) atoms. The molecule has 0 unspecified atom stereocenters. The molecule has 2 N–H and O–H groups in total. The van der Waals surface area contributed by atoms with Gasteiger partial charge in [0.15, 0.2) is 5.69 Å².